The minimum absolute atomic E-state index is 0.174. The molecule has 0 saturated heterocycles. The van der Waals surface area contributed by atoms with Crippen molar-refractivity contribution in [2.75, 3.05) is 19.8 Å². The van der Waals surface area contributed by atoms with Gasteiger partial charge < -0.3 is 14.6 Å². The number of rotatable bonds is 35. The lowest BCUT2D eigenvalue weighted by molar-refractivity contribution is -0.154. The summed E-state index contributed by atoms with van der Waals surface area (Å²) in [6.07, 6.45) is 43.6. The normalized spacial score (nSPS) is 12.5. The number of carbonyl (C=O) groups excluding carboxylic acids is 1. The molecule has 0 amide bonds. The van der Waals surface area contributed by atoms with Gasteiger partial charge in [-0.1, -0.05) is 147 Å². The largest absolute Gasteiger partial charge is 0.457 e. The molecule has 1 unspecified atom stereocenters. The van der Waals surface area contributed by atoms with Crippen LogP contribution in [0.4, 0.5) is 0 Å². The van der Waals surface area contributed by atoms with Gasteiger partial charge in [-0.3, -0.25) is 4.79 Å². The van der Waals surface area contributed by atoms with E-state index in [2.05, 4.69) is 38.2 Å². The zero-order valence-electron chi connectivity index (χ0n) is 29.0. The third-order valence-electron chi connectivity index (χ3n) is 8.25. The van der Waals surface area contributed by atoms with Crippen LogP contribution in [0.5, 0.6) is 0 Å². The lowest BCUT2D eigenvalue weighted by Crippen LogP contribution is -2.27. The molecule has 0 fully saturated rings. The van der Waals surface area contributed by atoms with E-state index in [9.17, 15) is 9.90 Å². The molecular weight excluding hydrogens is 532 g/mol. The van der Waals surface area contributed by atoms with Gasteiger partial charge in [0.25, 0.3) is 0 Å². The van der Waals surface area contributed by atoms with Gasteiger partial charge in [-0.25, -0.2) is 0 Å². The van der Waals surface area contributed by atoms with Gasteiger partial charge in [-0.2, -0.15) is 0 Å². The van der Waals surface area contributed by atoms with E-state index in [1.807, 2.05) is 0 Å². The van der Waals surface area contributed by atoms with Crippen molar-refractivity contribution in [3.05, 3.63) is 24.3 Å². The van der Waals surface area contributed by atoms with Crippen LogP contribution in [0.2, 0.25) is 0 Å². The van der Waals surface area contributed by atoms with Crippen LogP contribution in [-0.2, 0) is 14.3 Å². The fraction of sp³-hybridized carbons (Fsp3) is 0.872. The van der Waals surface area contributed by atoms with E-state index in [-0.39, 0.29) is 12.6 Å². The Hall–Kier alpha value is -1.13. The van der Waals surface area contributed by atoms with E-state index in [1.165, 1.54) is 154 Å². The molecule has 0 heterocycles. The van der Waals surface area contributed by atoms with Crippen LogP contribution in [0.3, 0.4) is 0 Å². The first kappa shape index (κ1) is 41.9. The van der Waals surface area contributed by atoms with E-state index in [4.69, 9.17) is 9.47 Å². The molecule has 4 nitrogen and oxygen atoms in total. The number of ether oxygens (including phenoxy) is 2. The molecule has 0 aromatic carbocycles. The maximum absolute atomic E-state index is 12.1. The highest BCUT2D eigenvalue weighted by molar-refractivity contribution is 5.69. The molecule has 0 spiro atoms. The summed E-state index contributed by atoms with van der Waals surface area (Å²) in [5.41, 5.74) is 0. The molecule has 0 saturated carbocycles. The second kappa shape index (κ2) is 37.1. The highest BCUT2D eigenvalue weighted by atomic mass is 16.6. The molecule has 0 rings (SSSR count). The Bertz CT molecular complexity index is 600. The summed E-state index contributed by atoms with van der Waals surface area (Å²) in [6.45, 7) is 5.32. The number of hydrogen-bond acceptors (Lipinski definition) is 4. The van der Waals surface area contributed by atoms with E-state index in [0.717, 1.165) is 19.3 Å². The quantitative estimate of drug-likeness (QED) is 0.0443. The van der Waals surface area contributed by atoms with Crippen molar-refractivity contribution in [3.8, 4) is 0 Å². The van der Waals surface area contributed by atoms with Crippen molar-refractivity contribution < 1.29 is 19.4 Å². The Morgan fingerprint density at radius 2 is 0.907 bits per heavy atom. The summed E-state index contributed by atoms with van der Waals surface area (Å²) >= 11 is 0. The SMILES string of the molecule is CCCCC/C=C\CCCCCCCCOCC(CO)OC(=O)CCCCCCCCC/C=C\CCCCCCCCC. The van der Waals surface area contributed by atoms with Crippen LogP contribution in [0, 0.1) is 0 Å². The van der Waals surface area contributed by atoms with E-state index >= 15 is 0 Å². The highest BCUT2D eigenvalue weighted by Crippen LogP contribution is 2.13. The van der Waals surface area contributed by atoms with Gasteiger partial charge in [0.2, 0.25) is 0 Å². The molecule has 0 aliphatic carbocycles. The molecule has 0 bridgehead atoms. The summed E-state index contributed by atoms with van der Waals surface area (Å²) in [4.78, 5) is 12.1. The predicted octanol–water partition coefficient (Wildman–Crippen LogP) is 12.0. The highest BCUT2D eigenvalue weighted by Gasteiger charge is 2.13. The van der Waals surface area contributed by atoms with Crippen LogP contribution < -0.4 is 0 Å². The van der Waals surface area contributed by atoms with E-state index in [1.54, 1.807) is 0 Å². The standard InChI is InChI=1S/C39H74O4/c1-3-5-7-9-11-13-15-17-18-19-20-21-22-24-26-28-30-32-34-39(41)43-38(36-40)37-42-35-33-31-29-27-25-23-16-14-12-10-8-6-4-2/h12,14,18-19,38,40H,3-11,13,15-17,20-37H2,1-2H3/b14-12-,19-18-. The Labute approximate surface area is 268 Å². The summed E-state index contributed by atoms with van der Waals surface area (Å²) in [5.74, 6) is -0.207. The second-order valence-corrected chi connectivity index (χ2v) is 12.6. The van der Waals surface area contributed by atoms with Gasteiger partial charge in [0.15, 0.2) is 0 Å². The lowest BCUT2D eigenvalue weighted by Gasteiger charge is -2.15. The lowest BCUT2D eigenvalue weighted by atomic mass is 10.1. The first-order valence-electron chi connectivity index (χ1n) is 18.9. The number of aliphatic hydroxyl groups is 1. The zero-order valence-corrected chi connectivity index (χ0v) is 29.0. The van der Waals surface area contributed by atoms with Gasteiger partial charge in [0.05, 0.1) is 13.2 Å². The third kappa shape index (κ3) is 35.2. The van der Waals surface area contributed by atoms with Gasteiger partial charge in [0.1, 0.15) is 6.10 Å². The average molecular weight is 607 g/mol. The van der Waals surface area contributed by atoms with Gasteiger partial charge in [0, 0.05) is 13.0 Å². The van der Waals surface area contributed by atoms with Crippen LogP contribution >= 0.6 is 0 Å². The molecule has 0 aliphatic heterocycles. The topological polar surface area (TPSA) is 55.8 Å². The zero-order chi connectivity index (χ0) is 31.3. The van der Waals surface area contributed by atoms with Gasteiger partial charge >= 0.3 is 5.97 Å². The third-order valence-corrected chi connectivity index (χ3v) is 8.25. The summed E-state index contributed by atoms with van der Waals surface area (Å²) in [7, 11) is 0. The minimum atomic E-state index is -0.535. The Balaban J connectivity index is 3.44. The number of hydrogen-bond donors (Lipinski definition) is 1. The number of unbranched alkanes of at least 4 members (excludes halogenated alkanes) is 23. The van der Waals surface area contributed by atoms with Gasteiger partial charge in [-0.15, -0.1) is 0 Å². The second-order valence-electron chi connectivity index (χ2n) is 12.6. The molecule has 43 heavy (non-hydrogen) atoms. The molecule has 0 aliphatic rings. The minimum Gasteiger partial charge on any atom is -0.457 e. The Morgan fingerprint density at radius 1 is 0.535 bits per heavy atom. The van der Waals surface area contributed by atoms with Gasteiger partial charge in [-0.05, 0) is 64.2 Å². The van der Waals surface area contributed by atoms with E-state index in [0.29, 0.717) is 19.6 Å². The van der Waals surface area contributed by atoms with Crippen LogP contribution in [-0.4, -0.2) is 37.0 Å². The smallest absolute Gasteiger partial charge is 0.306 e. The van der Waals surface area contributed by atoms with Crippen molar-refractivity contribution in [3.63, 3.8) is 0 Å². The first-order chi connectivity index (χ1) is 21.2. The Kier molecular flexibility index (Phi) is 36.1. The van der Waals surface area contributed by atoms with Crippen molar-refractivity contribution in [2.24, 2.45) is 0 Å². The average Bonchev–Trinajstić information content (AvgIpc) is 3.01. The Morgan fingerprint density at radius 3 is 1.37 bits per heavy atom. The summed E-state index contributed by atoms with van der Waals surface area (Å²) in [5, 5.41) is 9.55. The van der Waals surface area contributed by atoms with Crippen LogP contribution in [0.1, 0.15) is 194 Å². The molecule has 0 aromatic heterocycles. The van der Waals surface area contributed by atoms with Crippen molar-refractivity contribution in [1.29, 1.82) is 0 Å². The molecule has 0 radical (unpaired) electrons. The predicted molar refractivity (Wildman–Crippen MR) is 187 cm³/mol. The molecule has 254 valence electrons. The number of carbonyl (C=O) groups is 1. The molecule has 4 heteroatoms. The van der Waals surface area contributed by atoms with E-state index < -0.39 is 6.10 Å². The fourth-order valence-corrected chi connectivity index (χ4v) is 5.38. The number of aliphatic hydroxyl groups excluding tert-OH is 1. The maximum Gasteiger partial charge on any atom is 0.306 e. The number of esters is 1. The van der Waals surface area contributed by atoms with Crippen LogP contribution in [0.25, 0.3) is 0 Å². The van der Waals surface area contributed by atoms with Crippen LogP contribution in [0.15, 0.2) is 24.3 Å². The monoisotopic (exact) mass is 607 g/mol. The van der Waals surface area contributed by atoms with Crippen molar-refractivity contribution in [1.82, 2.24) is 0 Å². The first-order valence-corrected chi connectivity index (χ1v) is 18.9. The molecular formula is C39H74O4. The molecule has 1 atom stereocenters. The summed E-state index contributed by atoms with van der Waals surface area (Å²) in [6, 6.07) is 0. The van der Waals surface area contributed by atoms with Crippen molar-refractivity contribution in [2.45, 2.75) is 200 Å². The molecule has 0 aromatic rings. The molecule has 1 N–H and O–H groups in total. The fourth-order valence-electron chi connectivity index (χ4n) is 5.38. The summed E-state index contributed by atoms with van der Waals surface area (Å²) < 4.78 is 11.1. The number of allylic oxidation sites excluding steroid dienone is 4. The van der Waals surface area contributed by atoms with Crippen molar-refractivity contribution >= 4 is 5.97 Å². The maximum atomic E-state index is 12.1.